The van der Waals surface area contributed by atoms with Crippen LogP contribution >= 0.6 is 0 Å². The van der Waals surface area contributed by atoms with E-state index in [1.54, 1.807) is 0 Å². The third-order valence-electron chi connectivity index (χ3n) is 2.71. The highest BCUT2D eigenvalue weighted by atomic mass is 16.5. The predicted molar refractivity (Wildman–Crippen MR) is 62.1 cm³/mol. The molecule has 1 aromatic heterocycles. The highest BCUT2D eigenvalue weighted by Gasteiger charge is 2.14. The lowest BCUT2D eigenvalue weighted by Crippen LogP contribution is -2.21. The van der Waals surface area contributed by atoms with Crippen LogP contribution in [0.25, 0.3) is 0 Å². The molecule has 0 atom stereocenters. The standard InChI is InChI=1S/C11H16N4O2/c12-11(13)9-5-15-10(6-14-9)17-7-8-1-3-16-4-2-8/h5-6,8H,1-4,7H2,(H3,12,13). The summed E-state index contributed by atoms with van der Waals surface area (Å²) in [6.07, 6.45) is 5.00. The molecule has 1 saturated heterocycles. The monoisotopic (exact) mass is 236 g/mol. The van der Waals surface area contributed by atoms with Gasteiger partial charge >= 0.3 is 0 Å². The van der Waals surface area contributed by atoms with E-state index in [0.29, 0.717) is 24.1 Å². The van der Waals surface area contributed by atoms with Gasteiger partial charge in [-0.05, 0) is 18.8 Å². The minimum Gasteiger partial charge on any atom is -0.476 e. The van der Waals surface area contributed by atoms with E-state index < -0.39 is 0 Å². The lowest BCUT2D eigenvalue weighted by atomic mass is 10.0. The Labute approximate surface area is 99.7 Å². The smallest absolute Gasteiger partial charge is 0.232 e. The summed E-state index contributed by atoms with van der Waals surface area (Å²) in [5, 5.41) is 7.19. The second-order valence-electron chi connectivity index (χ2n) is 4.02. The number of rotatable bonds is 4. The number of nitrogens with zero attached hydrogens (tertiary/aromatic N) is 2. The number of aromatic nitrogens is 2. The fourth-order valence-electron chi connectivity index (χ4n) is 1.65. The summed E-state index contributed by atoms with van der Waals surface area (Å²) < 4.78 is 10.8. The lowest BCUT2D eigenvalue weighted by Gasteiger charge is -2.21. The molecule has 2 rings (SSSR count). The van der Waals surface area contributed by atoms with Gasteiger partial charge in [-0.1, -0.05) is 0 Å². The van der Waals surface area contributed by atoms with Gasteiger partial charge in [-0.3, -0.25) is 5.41 Å². The SMILES string of the molecule is N=C(N)c1cnc(OCC2CCOCC2)cn1. The highest BCUT2D eigenvalue weighted by Crippen LogP contribution is 2.16. The van der Waals surface area contributed by atoms with Gasteiger partial charge in [0, 0.05) is 13.2 Å². The maximum absolute atomic E-state index is 7.19. The van der Waals surface area contributed by atoms with E-state index in [4.69, 9.17) is 20.6 Å². The van der Waals surface area contributed by atoms with E-state index in [1.807, 2.05) is 0 Å². The molecule has 6 nitrogen and oxygen atoms in total. The summed E-state index contributed by atoms with van der Waals surface area (Å²) in [5.41, 5.74) is 5.65. The van der Waals surface area contributed by atoms with Crippen molar-refractivity contribution in [2.45, 2.75) is 12.8 Å². The van der Waals surface area contributed by atoms with Crippen LogP contribution in [0.4, 0.5) is 0 Å². The van der Waals surface area contributed by atoms with Gasteiger partial charge < -0.3 is 15.2 Å². The summed E-state index contributed by atoms with van der Waals surface area (Å²) >= 11 is 0. The van der Waals surface area contributed by atoms with Gasteiger partial charge in [0.2, 0.25) is 5.88 Å². The number of hydrogen-bond donors (Lipinski definition) is 2. The first-order chi connectivity index (χ1) is 8.25. The van der Waals surface area contributed by atoms with Crippen molar-refractivity contribution in [1.82, 2.24) is 9.97 Å². The van der Waals surface area contributed by atoms with Crippen LogP contribution in [0.1, 0.15) is 18.5 Å². The predicted octanol–water partition coefficient (Wildman–Crippen LogP) is 0.566. The van der Waals surface area contributed by atoms with Crippen LogP contribution in [0.2, 0.25) is 0 Å². The van der Waals surface area contributed by atoms with E-state index in [2.05, 4.69) is 9.97 Å². The first-order valence-corrected chi connectivity index (χ1v) is 5.62. The Morgan fingerprint density at radius 2 is 2.18 bits per heavy atom. The van der Waals surface area contributed by atoms with E-state index in [-0.39, 0.29) is 5.84 Å². The first kappa shape index (κ1) is 11.8. The number of hydrogen-bond acceptors (Lipinski definition) is 5. The Hall–Kier alpha value is -1.69. The van der Waals surface area contributed by atoms with Crippen molar-refractivity contribution in [2.24, 2.45) is 11.7 Å². The average Bonchev–Trinajstić information content (AvgIpc) is 2.38. The molecule has 1 fully saturated rings. The molecule has 0 bridgehead atoms. The fourth-order valence-corrected chi connectivity index (χ4v) is 1.65. The van der Waals surface area contributed by atoms with Gasteiger partial charge in [0.15, 0.2) is 0 Å². The summed E-state index contributed by atoms with van der Waals surface area (Å²) in [6.45, 7) is 2.25. The van der Waals surface area contributed by atoms with Gasteiger partial charge in [-0.15, -0.1) is 0 Å². The summed E-state index contributed by atoms with van der Waals surface area (Å²) in [5.74, 6) is 0.910. The third kappa shape index (κ3) is 3.39. The van der Waals surface area contributed by atoms with Gasteiger partial charge in [0.05, 0.1) is 19.0 Å². The minimum absolute atomic E-state index is 0.0894. The summed E-state index contributed by atoms with van der Waals surface area (Å²) in [6, 6.07) is 0. The number of nitrogen functional groups attached to an aromatic ring is 1. The van der Waals surface area contributed by atoms with Gasteiger partial charge in [0.1, 0.15) is 11.5 Å². The van der Waals surface area contributed by atoms with Crippen molar-refractivity contribution < 1.29 is 9.47 Å². The molecule has 92 valence electrons. The molecule has 1 aromatic rings. The van der Waals surface area contributed by atoms with Crippen molar-refractivity contribution in [2.75, 3.05) is 19.8 Å². The fraction of sp³-hybridized carbons (Fsp3) is 0.545. The number of ether oxygens (including phenoxy) is 2. The van der Waals surface area contributed by atoms with Crippen molar-refractivity contribution in [3.63, 3.8) is 0 Å². The van der Waals surface area contributed by atoms with Crippen molar-refractivity contribution in [3.05, 3.63) is 18.1 Å². The van der Waals surface area contributed by atoms with Crippen LogP contribution in [-0.4, -0.2) is 35.6 Å². The van der Waals surface area contributed by atoms with Crippen LogP contribution < -0.4 is 10.5 Å². The van der Waals surface area contributed by atoms with Gasteiger partial charge in [-0.2, -0.15) is 0 Å². The third-order valence-corrected chi connectivity index (χ3v) is 2.71. The number of nitrogens with one attached hydrogen (secondary N) is 1. The molecule has 2 heterocycles. The zero-order valence-corrected chi connectivity index (χ0v) is 9.56. The zero-order chi connectivity index (χ0) is 12.1. The maximum Gasteiger partial charge on any atom is 0.232 e. The molecule has 17 heavy (non-hydrogen) atoms. The number of nitrogens with two attached hydrogens (primary N) is 1. The van der Waals surface area contributed by atoms with E-state index >= 15 is 0 Å². The van der Waals surface area contributed by atoms with Crippen LogP contribution in [0.5, 0.6) is 5.88 Å². The molecule has 1 aliphatic rings. The quantitative estimate of drug-likeness (QED) is 0.588. The van der Waals surface area contributed by atoms with Crippen molar-refractivity contribution >= 4 is 5.84 Å². The Kier molecular flexibility index (Phi) is 3.87. The summed E-state index contributed by atoms with van der Waals surface area (Å²) in [7, 11) is 0. The molecule has 0 radical (unpaired) electrons. The summed E-state index contributed by atoms with van der Waals surface area (Å²) in [4.78, 5) is 8.03. The van der Waals surface area contributed by atoms with Crippen molar-refractivity contribution in [1.29, 1.82) is 5.41 Å². The highest BCUT2D eigenvalue weighted by molar-refractivity contribution is 5.92. The average molecular weight is 236 g/mol. The Balaban J connectivity index is 1.84. The largest absolute Gasteiger partial charge is 0.476 e. The van der Waals surface area contributed by atoms with Gasteiger partial charge in [0.25, 0.3) is 0 Å². The number of amidine groups is 1. The first-order valence-electron chi connectivity index (χ1n) is 5.62. The van der Waals surface area contributed by atoms with Crippen LogP contribution in [0.15, 0.2) is 12.4 Å². The molecule has 0 saturated carbocycles. The molecular formula is C11H16N4O2. The molecule has 0 aromatic carbocycles. The van der Waals surface area contributed by atoms with E-state index in [0.717, 1.165) is 26.1 Å². The van der Waals surface area contributed by atoms with E-state index in [1.165, 1.54) is 12.4 Å². The molecule has 3 N–H and O–H groups in total. The molecule has 0 unspecified atom stereocenters. The second kappa shape index (κ2) is 5.58. The maximum atomic E-state index is 7.19. The topological polar surface area (TPSA) is 94.1 Å². The Morgan fingerprint density at radius 3 is 2.76 bits per heavy atom. The molecule has 6 heteroatoms. The van der Waals surface area contributed by atoms with Gasteiger partial charge in [-0.25, -0.2) is 9.97 Å². The molecule has 0 spiro atoms. The Bertz CT molecular complexity index is 374. The lowest BCUT2D eigenvalue weighted by molar-refractivity contribution is 0.0490. The van der Waals surface area contributed by atoms with Crippen LogP contribution in [-0.2, 0) is 4.74 Å². The van der Waals surface area contributed by atoms with E-state index in [9.17, 15) is 0 Å². The molecule has 0 amide bonds. The molecule has 1 aliphatic heterocycles. The van der Waals surface area contributed by atoms with Crippen LogP contribution in [0.3, 0.4) is 0 Å². The Morgan fingerprint density at radius 1 is 1.41 bits per heavy atom. The van der Waals surface area contributed by atoms with Crippen molar-refractivity contribution in [3.8, 4) is 5.88 Å². The minimum atomic E-state index is -0.0894. The second-order valence-corrected chi connectivity index (χ2v) is 4.02. The molecular weight excluding hydrogens is 220 g/mol. The normalized spacial score (nSPS) is 16.7. The zero-order valence-electron chi connectivity index (χ0n) is 9.56. The van der Waals surface area contributed by atoms with Crippen LogP contribution in [0, 0.1) is 11.3 Å². The molecule has 0 aliphatic carbocycles.